The Bertz CT molecular complexity index is 735. The van der Waals surface area contributed by atoms with Crippen LogP contribution in [-0.4, -0.2) is 8.42 Å². The molecule has 2 aromatic carbocycles. The monoisotopic (exact) mass is 317 g/mol. The van der Waals surface area contributed by atoms with Crippen molar-refractivity contribution in [1.29, 1.82) is 0 Å². The summed E-state index contributed by atoms with van der Waals surface area (Å²) in [7, 11) is -4.07. The lowest BCUT2D eigenvalue weighted by atomic mass is 10.2. The molecule has 0 fully saturated rings. The zero-order valence-electron chi connectivity index (χ0n) is 10.1. The van der Waals surface area contributed by atoms with E-state index in [0.717, 1.165) is 12.1 Å². The molecule has 0 heterocycles. The summed E-state index contributed by atoms with van der Waals surface area (Å²) in [5.74, 6) is -1.50. The largest absolute Gasteiger partial charge is 0.243 e. The van der Waals surface area contributed by atoms with Gasteiger partial charge in [-0.05, 0) is 24.3 Å². The van der Waals surface area contributed by atoms with E-state index in [4.69, 9.17) is 11.6 Å². The first-order valence-electron chi connectivity index (χ1n) is 5.58. The summed E-state index contributed by atoms with van der Waals surface area (Å²) in [6.07, 6.45) is 0. The minimum Gasteiger partial charge on any atom is -0.207 e. The molecule has 2 aromatic rings. The van der Waals surface area contributed by atoms with Gasteiger partial charge in [-0.1, -0.05) is 29.8 Å². The van der Waals surface area contributed by atoms with E-state index in [0.29, 0.717) is 0 Å². The van der Waals surface area contributed by atoms with Crippen molar-refractivity contribution >= 4 is 21.6 Å². The molecule has 0 aliphatic carbocycles. The SMILES string of the molecule is O=S(=O)(NCc1ccccc1F)c1ccc(Cl)cc1F. The van der Waals surface area contributed by atoms with Crippen molar-refractivity contribution in [2.45, 2.75) is 11.4 Å². The van der Waals surface area contributed by atoms with E-state index in [-0.39, 0.29) is 17.1 Å². The third-order valence-corrected chi connectivity index (χ3v) is 4.26. The van der Waals surface area contributed by atoms with Crippen molar-refractivity contribution in [3.8, 4) is 0 Å². The molecule has 0 aliphatic heterocycles. The van der Waals surface area contributed by atoms with Gasteiger partial charge in [-0.15, -0.1) is 0 Å². The number of hydrogen-bond donors (Lipinski definition) is 1. The Morgan fingerprint density at radius 1 is 1.05 bits per heavy atom. The van der Waals surface area contributed by atoms with Crippen LogP contribution in [0, 0.1) is 11.6 Å². The van der Waals surface area contributed by atoms with E-state index < -0.39 is 26.6 Å². The normalized spacial score (nSPS) is 11.6. The van der Waals surface area contributed by atoms with Crippen molar-refractivity contribution in [3.05, 3.63) is 64.7 Å². The fourth-order valence-corrected chi connectivity index (χ4v) is 2.81. The zero-order valence-corrected chi connectivity index (χ0v) is 11.7. The summed E-state index contributed by atoms with van der Waals surface area (Å²) >= 11 is 5.56. The lowest BCUT2D eigenvalue weighted by Crippen LogP contribution is -2.24. The molecule has 1 N–H and O–H groups in total. The Morgan fingerprint density at radius 3 is 2.40 bits per heavy atom. The van der Waals surface area contributed by atoms with Gasteiger partial charge in [-0.25, -0.2) is 21.9 Å². The summed E-state index contributed by atoms with van der Waals surface area (Å²) < 4.78 is 53.0. The number of hydrogen-bond acceptors (Lipinski definition) is 2. The van der Waals surface area contributed by atoms with Crippen LogP contribution >= 0.6 is 11.6 Å². The minimum atomic E-state index is -4.07. The lowest BCUT2D eigenvalue weighted by molar-refractivity contribution is 0.554. The number of sulfonamides is 1. The van der Waals surface area contributed by atoms with Crippen LogP contribution in [0.2, 0.25) is 5.02 Å². The molecule has 0 amide bonds. The summed E-state index contributed by atoms with van der Waals surface area (Å²) in [6, 6.07) is 8.95. The third kappa shape index (κ3) is 3.33. The first-order valence-corrected chi connectivity index (χ1v) is 7.44. The summed E-state index contributed by atoms with van der Waals surface area (Å²) in [5.41, 5.74) is 0.172. The number of rotatable bonds is 4. The van der Waals surface area contributed by atoms with E-state index in [1.54, 1.807) is 6.07 Å². The number of benzene rings is 2. The molecule has 20 heavy (non-hydrogen) atoms. The highest BCUT2D eigenvalue weighted by Gasteiger charge is 2.19. The minimum absolute atomic E-state index is 0.0931. The first kappa shape index (κ1) is 14.9. The molecule has 0 radical (unpaired) electrons. The molecule has 0 atom stereocenters. The number of nitrogens with one attached hydrogen (secondary N) is 1. The first-order chi connectivity index (χ1) is 9.40. The highest BCUT2D eigenvalue weighted by Crippen LogP contribution is 2.19. The van der Waals surface area contributed by atoms with Crippen LogP contribution in [0.4, 0.5) is 8.78 Å². The topological polar surface area (TPSA) is 46.2 Å². The highest BCUT2D eigenvalue weighted by molar-refractivity contribution is 7.89. The standard InChI is InChI=1S/C13H10ClF2NO2S/c14-10-5-6-13(12(16)7-10)20(18,19)17-8-9-3-1-2-4-11(9)15/h1-7,17H,8H2. The van der Waals surface area contributed by atoms with Crippen LogP contribution < -0.4 is 4.72 Å². The molecule has 3 nitrogen and oxygen atoms in total. The van der Waals surface area contributed by atoms with Gasteiger partial charge in [0.05, 0.1) is 0 Å². The molecule has 106 valence electrons. The molecule has 0 saturated heterocycles. The molecule has 0 spiro atoms. The summed E-state index contributed by atoms with van der Waals surface area (Å²) in [4.78, 5) is -0.529. The summed E-state index contributed by atoms with van der Waals surface area (Å²) in [6.45, 7) is -0.267. The van der Waals surface area contributed by atoms with E-state index >= 15 is 0 Å². The average Bonchev–Trinajstić information content (AvgIpc) is 2.37. The molecule has 0 saturated carbocycles. The Hall–Kier alpha value is -1.50. The van der Waals surface area contributed by atoms with E-state index in [1.807, 2.05) is 0 Å². The lowest BCUT2D eigenvalue weighted by Gasteiger charge is -2.08. The Kier molecular flexibility index (Phi) is 4.37. The molecule has 0 unspecified atom stereocenters. The van der Waals surface area contributed by atoms with Gasteiger partial charge in [-0.2, -0.15) is 0 Å². The maximum Gasteiger partial charge on any atom is 0.243 e. The second kappa shape index (κ2) is 5.87. The van der Waals surface area contributed by atoms with Gasteiger partial charge in [0.2, 0.25) is 10.0 Å². The maximum atomic E-state index is 13.6. The smallest absolute Gasteiger partial charge is 0.207 e. The van der Waals surface area contributed by atoms with Gasteiger partial charge >= 0.3 is 0 Å². The van der Waals surface area contributed by atoms with Crippen molar-refractivity contribution in [2.24, 2.45) is 0 Å². The van der Waals surface area contributed by atoms with Gasteiger partial charge < -0.3 is 0 Å². The van der Waals surface area contributed by atoms with Gasteiger partial charge in [0.15, 0.2) is 0 Å². The Labute approximate surface area is 120 Å². The van der Waals surface area contributed by atoms with Crippen LogP contribution in [0.3, 0.4) is 0 Å². The highest BCUT2D eigenvalue weighted by atomic mass is 35.5. The fraction of sp³-hybridized carbons (Fsp3) is 0.0769. The van der Waals surface area contributed by atoms with Crippen LogP contribution in [-0.2, 0) is 16.6 Å². The average molecular weight is 318 g/mol. The summed E-state index contributed by atoms with van der Waals surface area (Å²) in [5, 5.41) is 0.0931. The third-order valence-electron chi connectivity index (χ3n) is 2.59. The molecule has 0 bridgehead atoms. The molecule has 0 aliphatic rings. The van der Waals surface area contributed by atoms with E-state index in [1.165, 1.54) is 24.3 Å². The van der Waals surface area contributed by atoms with Crippen LogP contribution in [0.5, 0.6) is 0 Å². The fourth-order valence-electron chi connectivity index (χ4n) is 1.59. The van der Waals surface area contributed by atoms with Crippen LogP contribution in [0.1, 0.15) is 5.56 Å². The van der Waals surface area contributed by atoms with Crippen molar-refractivity contribution < 1.29 is 17.2 Å². The predicted octanol–water partition coefficient (Wildman–Crippen LogP) is 3.10. The van der Waals surface area contributed by atoms with Gasteiger partial charge in [0.1, 0.15) is 16.5 Å². The quantitative estimate of drug-likeness (QED) is 0.942. The van der Waals surface area contributed by atoms with Crippen LogP contribution in [0.15, 0.2) is 47.4 Å². The van der Waals surface area contributed by atoms with Gasteiger partial charge in [0, 0.05) is 17.1 Å². The number of halogens is 3. The molecule has 0 aromatic heterocycles. The molecule has 7 heteroatoms. The molecule has 2 rings (SSSR count). The molecular weight excluding hydrogens is 308 g/mol. The van der Waals surface area contributed by atoms with Crippen molar-refractivity contribution in [1.82, 2.24) is 4.72 Å². The second-order valence-corrected chi connectivity index (χ2v) is 6.16. The zero-order chi connectivity index (χ0) is 14.8. The van der Waals surface area contributed by atoms with Gasteiger partial charge in [-0.3, -0.25) is 0 Å². The predicted molar refractivity (Wildman–Crippen MR) is 71.8 cm³/mol. The van der Waals surface area contributed by atoms with Crippen LogP contribution in [0.25, 0.3) is 0 Å². The Morgan fingerprint density at radius 2 is 1.75 bits per heavy atom. The molecular formula is C13H10ClF2NO2S. The van der Waals surface area contributed by atoms with Gasteiger partial charge in [0.25, 0.3) is 0 Å². The maximum absolute atomic E-state index is 13.6. The van der Waals surface area contributed by atoms with Crippen molar-refractivity contribution in [3.63, 3.8) is 0 Å². The second-order valence-electron chi connectivity index (χ2n) is 3.99. The van der Waals surface area contributed by atoms with E-state index in [2.05, 4.69) is 4.72 Å². The van der Waals surface area contributed by atoms with Crippen molar-refractivity contribution in [2.75, 3.05) is 0 Å². The van der Waals surface area contributed by atoms with E-state index in [9.17, 15) is 17.2 Å². The Balaban J connectivity index is 2.22.